The van der Waals surface area contributed by atoms with Crippen LogP contribution in [0, 0.1) is 0 Å². The number of fused-ring (bicyclic) bond motifs is 1. The molecule has 2 aromatic heterocycles. The van der Waals surface area contributed by atoms with Crippen LogP contribution in [0.1, 0.15) is 10.6 Å². The summed E-state index contributed by atoms with van der Waals surface area (Å²) in [6.07, 6.45) is 0.543. The number of aromatic hydroxyl groups is 1. The van der Waals surface area contributed by atoms with Crippen molar-refractivity contribution >= 4 is 21.4 Å². The Labute approximate surface area is 107 Å². The van der Waals surface area contributed by atoms with E-state index in [9.17, 15) is 9.90 Å². The lowest BCUT2D eigenvalue weighted by Gasteiger charge is -1.96. The Bertz CT molecular complexity index is 734. The van der Waals surface area contributed by atoms with Crippen LogP contribution < -0.4 is 5.69 Å². The summed E-state index contributed by atoms with van der Waals surface area (Å²) in [6.45, 7) is 0. The molecule has 0 bridgehead atoms. The topological polar surface area (TPSA) is 58.0 Å². The first-order chi connectivity index (χ1) is 8.65. The van der Waals surface area contributed by atoms with Crippen molar-refractivity contribution in [2.75, 3.05) is 0 Å². The van der Waals surface area contributed by atoms with Crippen LogP contribution in [0.2, 0.25) is 0 Å². The predicted molar refractivity (Wildman–Crippen MR) is 72.3 cm³/mol. The summed E-state index contributed by atoms with van der Waals surface area (Å²) >= 11 is 1.67. The Morgan fingerprint density at radius 1 is 1.39 bits per heavy atom. The van der Waals surface area contributed by atoms with E-state index in [0.717, 1.165) is 4.88 Å². The molecule has 3 rings (SSSR count). The van der Waals surface area contributed by atoms with Gasteiger partial charge in [0.15, 0.2) is 0 Å². The molecule has 0 spiro atoms. The third-order valence-corrected chi connectivity index (χ3v) is 4.09. The maximum absolute atomic E-state index is 11.4. The quantitative estimate of drug-likeness (QED) is 0.742. The number of aromatic amines is 1. The molecule has 0 saturated carbocycles. The highest BCUT2D eigenvalue weighted by Crippen LogP contribution is 2.28. The van der Waals surface area contributed by atoms with Gasteiger partial charge in [-0.1, -0.05) is 18.2 Å². The Morgan fingerprint density at radius 3 is 2.83 bits per heavy atom. The van der Waals surface area contributed by atoms with Gasteiger partial charge in [0.1, 0.15) is 0 Å². The maximum Gasteiger partial charge on any atom is 0.328 e. The van der Waals surface area contributed by atoms with Gasteiger partial charge >= 0.3 is 5.69 Å². The molecule has 3 aromatic rings. The molecule has 0 aliphatic carbocycles. The summed E-state index contributed by atoms with van der Waals surface area (Å²) in [4.78, 5) is 15.2. The SMILES string of the molecule is Cn1c(O)c(Cc2cc3ccccc3s2)[nH]c1=O. The number of thiophene rings is 1. The normalized spacial score (nSPS) is 11.2. The van der Waals surface area contributed by atoms with Gasteiger partial charge in [-0.25, -0.2) is 4.79 Å². The lowest BCUT2D eigenvalue weighted by atomic mass is 10.2. The summed E-state index contributed by atoms with van der Waals surface area (Å²) in [5, 5.41) is 11.0. The van der Waals surface area contributed by atoms with Crippen molar-refractivity contribution in [3.8, 4) is 5.88 Å². The van der Waals surface area contributed by atoms with Gasteiger partial charge < -0.3 is 10.1 Å². The van der Waals surface area contributed by atoms with Crippen molar-refractivity contribution in [2.45, 2.75) is 6.42 Å². The molecule has 4 nitrogen and oxygen atoms in total. The predicted octanol–water partition coefficient (Wildman–Crippen LogP) is 2.22. The van der Waals surface area contributed by atoms with Crippen LogP contribution in [0.5, 0.6) is 5.88 Å². The average Bonchev–Trinajstić information content (AvgIpc) is 2.87. The molecule has 0 radical (unpaired) electrons. The van der Waals surface area contributed by atoms with Crippen LogP contribution >= 0.6 is 11.3 Å². The van der Waals surface area contributed by atoms with Crippen LogP contribution in [0.15, 0.2) is 35.1 Å². The minimum Gasteiger partial charge on any atom is -0.493 e. The molecular weight excluding hydrogens is 248 g/mol. The van der Waals surface area contributed by atoms with E-state index in [0.29, 0.717) is 12.1 Å². The molecule has 2 N–H and O–H groups in total. The highest BCUT2D eigenvalue weighted by molar-refractivity contribution is 7.19. The van der Waals surface area contributed by atoms with Crippen LogP contribution in [0.25, 0.3) is 10.1 Å². The summed E-state index contributed by atoms with van der Waals surface area (Å²) in [5.74, 6) is 0.0115. The Balaban J connectivity index is 2.01. The number of nitrogens with zero attached hydrogens (tertiary/aromatic N) is 1. The van der Waals surface area contributed by atoms with Gasteiger partial charge in [-0.2, -0.15) is 0 Å². The molecule has 0 atom stereocenters. The summed E-state index contributed by atoms with van der Waals surface area (Å²) in [6, 6.07) is 10.2. The molecule has 92 valence electrons. The van der Waals surface area contributed by atoms with Crippen molar-refractivity contribution in [1.29, 1.82) is 0 Å². The number of H-pyrrole nitrogens is 1. The maximum atomic E-state index is 11.4. The largest absolute Gasteiger partial charge is 0.493 e. The fourth-order valence-electron chi connectivity index (χ4n) is 1.99. The van der Waals surface area contributed by atoms with Crippen LogP contribution in [0.4, 0.5) is 0 Å². The fraction of sp³-hybridized carbons (Fsp3) is 0.154. The fourth-order valence-corrected chi connectivity index (χ4v) is 3.07. The van der Waals surface area contributed by atoms with Gasteiger partial charge in [0.25, 0.3) is 0 Å². The number of hydrogen-bond donors (Lipinski definition) is 2. The third-order valence-electron chi connectivity index (χ3n) is 2.98. The number of imidazole rings is 1. The Kier molecular flexibility index (Phi) is 2.48. The van der Waals surface area contributed by atoms with E-state index in [1.165, 1.54) is 14.7 Å². The van der Waals surface area contributed by atoms with Crippen molar-refractivity contribution in [3.63, 3.8) is 0 Å². The molecule has 1 aromatic carbocycles. The Morgan fingerprint density at radius 2 is 2.17 bits per heavy atom. The van der Waals surface area contributed by atoms with E-state index in [4.69, 9.17) is 0 Å². The second kappa shape index (κ2) is 4.03. The first-order valence-electron chi connectivity index (χ1n) is 5.59. The van der Waals surface area contributed by atoms with Gasteiger partial charge in [-0.15, -0.1) is 11.3 Å². The van der Waals surface area contributed by atoms with E-state index in [-0.39, 0.29) is 11.6 Å². The second-order valence-corrected chi connectivity index (χ2v) is 5.39. The number of rotatable bonds is 2. The smallest absolute Gasteiger partial charge is 0.328 e. The summed E-state index contributed by atoms with van der Waals surface area (Å²) in [5.41, 5.74) is 0.276. The highest BCUT2D eigenvalue weighted by atomic mass is 32.1. The molecule has 2 heterocycles. The molecule has 0 aliphatic rings. The van der Waals surface area contributed by atoms with E-state index in [1.807, 2.05) is 12.1 Å². The van der Waals surface area contributed by atoms with Crippen LogP contribution in [-0.4, -0.2) is 14.7 Å². The molecule has 5 heteroatoms. The van der Waals surface area contributed by atoms with Gasteiger partial charge in [0.2, 0.25) is 5.88 Å². The summed E-state index contributed by atoms with van der Waals surface area (Å²) in [7, 11) is 1.54. The monoisotopic (exact) mass is 260 g/mol. The van der Waals surface area contributed by atoms with Crippen LogP contribution in [0.3, 0.4) is 0 Å². The second-order valence-electron chi connectivity index (χ2n) is 4.22. The lowest BCUT2D eigenvalue weighted by molar-refractivity contribution is 0.424. The van der Waals surface area contributed by atoms with E-state index < -0.39 is 0 Å². The van der Waals surface area contributed by atoms with Crippen molar-refractivity contribution in [2.24, 2.45) is 7.05 Å². The van der Waals surface area contributed by atoms with E-state index in [1.54, 1.807) is 18.4 Å². The van der Waals surface area contributed by atoms with Gasteiger partial charge in [0.05, 0.1) is 5.69 Å². The molecular formula is C13H12N2O2S. The number of aromatic nitrogens is 2. The van der Waals surface area contributed by atoms with Crippen LogP contribution in [-0.2, 0) is 13.5 Å². The molecule has 0 saturated heterocycles. The summed E-state index contributed by atoms with van der Waals surface area (Å²) < 4.78 is 2.42. The number of hydrogen-bond acceptors (Lipinski definition) is 3. The zero-order valence-corrected chi connectivity index (χ0v) is 10.6. The third kappa shape index (κ3) is 1.73. The highest BCUT2D eigenvalue weighted by Gasteiger charge is 2.11. The van der Waals surface area contributed by atoms with Crippen molar-refractivity contribution < 1.29 is 5.11 Å². The zero-order chi connectivity index (χ0) is 12.7. The Hall–Kier alpha value is -2.01. The van der Waals surface area contributed by atoms with Gasteiger partial charge in [-0.05, 0) is 17.5 Å². The first-order valence-corrected chi connectivity index (χ1v) is 6.41. The molecule has 0 fully saturated rings. The molecule has 0 aliphatic heterocycles. The minimum atomic E-state index is -0.288. The number of benzene rings is 1. The molecule has 0 amide bonds. The molecule has 18 heavy (non-hydrogen) atoms. The minimum absolute atomic E-state index is 0.0115. The average molecular weight is 260 g/mol. The number of nitrogens with one attached hydrogen (secondary N) is 1. The first kappa shape index (κ1) is 11.1. The van der Waals surface area contributed by atoms with E-state index in [2.05, 4.69) is 23.2 Å². The van der Waals surface area contributed by atoms with Crippen molar-refractivity contribution in [1.82, 2.24) is 9.55 Å². The van der Waals surface area contributed by atoms with Gasteiger partial charge in [0, 0.05) is 23.0 Å². The standard InChI is InChI=1S/C13H12N2O2S/c1-15-12(16)10(14-13(15)17)7-9-6-8-4-2-3-5-11(8)18-9/h2-6,16H,7H2,1H3,(H,14,17). The van der Waals surface area contributed by atoms with Gasteiger partial charge in [-0.3, -0.25) is 4.57 Å². The van der Waals surface area contributed by atoms with E-state index >= 15 is 0 Å². The van der Waals surface area contributed by atoms with Crippen molar-refractivity contribution in [3.05, 3.63) is 51.4 Å². The molecule has 0 unspecified atom stereocenters. The lowest BCUT2D eigenvalue weighted by Crippen LogP contribution is -2.11. The zero-order valence-electron chi connectivity index (χ0n) is 9.80.